The van der Waals surface area contributed by atoms with Gasteiger partial charge >= 0.3 is 6.09 Å². The van der Waals surface area contributed by atoms with E-state index < -0.39 is 5.60 Å². The molecule has 1 aliphatic rings. The first-order valence-corrected chi connectivity index (χ1v) is 16.5. The first kappa shape index (κ1) is 30.7. The van der Waals surface area contributed by atoms with E-state index in [1.807, 2.05) is 44.8 Å². The number of hydrogen-bond donors (Lipinski definition) is 1. The highest BCUT2D eigenvalue weighted by atomic mass is 32.2. The summed E-state index contributed by atoms with van der Waals surface area (Å²) in [6.07, 6.45) is 6.57. The summed E-state index contributed by atoms with van der Waals surface area (Å²) < 4.78 is 5.51. The molecule has 0 spiro atoms. The number of nitrogens with zero attached hydrogens (tertiary/aromatic N) is 3. The monoisotopic (exact) mass is 596 g/mol. The Kier molecular flexibility index (Phi) is 10.5. The molecule has 0 unspecified atom stereocenters. The molecule has 6 nitrogen and oxygen atoms in total. The fourth-order valence-electron chi connectivity index (χ4n) is 5.32. The number of aromatic nitrogens is 1. The highest BCUT2D eigenvalue weighted by molar-refractivity contribution is 7.99. The van der Waals surface area contributed by atoms with Crippen LogP contribution >= 0.6 is 11.8 Å². The van der Waals surface area contributed by atoms with E-state index in [9.17, 15) is 4.79 Å². The van der Waals surface area contributed by atoms with Gasteiger partial charge in [0.2, 0.25) is 0 Å². The molecule has 3 aromatic carbocycles. The number of carbonyl (C=O) groups is 1. The molecule has 43 heavy (non-hydrogen) atoms. The lowest BCUT2D eigenvalue weighted by atomic mass is 10.0. The van der Waals surface area contributed by atoms with Gasteiger partial charge in [-0.25, -0.2) is 4.79 Å². The third-order valence-corrected chi connectivity index (χ3v) is 8.79. The van der Waals surface area contributed by atoms with Gasteiger partial charge in [-0.05, 0) is 86.9 Å². The summed E-state index contributed by atoms with van der Waals surface area (Å²) in [4.78, 5) is 22.4. The van der Waals surface area contributed by atoms with Crippen LogP contribution in [0.5, 0.6) is 0 Å². The van der Waals surface area contributed by atoms with Crippen molar-refractivity contribution in [2.24, 2.45) is 0 Å². The van der Waals surface area contributed by atoms with E-state index in [1.165, 1.54) is 52.8 Å². The molecular formula is C36H44N4O2S. The number of amides is 1. The van der Waals surface area contributed by atoms with Crippen LogP contribution in [0.1, 0.15) is 46.5 Å². The highest BCUT2D eigenvalue weighted by Crippen LogP contribution is 2.31. The van der Waals surface area contributed by atoms with E-state index in [4.69, 9.17) is 4.74 Å². The number of hydrogen-bond acceptors (Lipinski definition) is 6. The van der Waals surface area contributed by atoms with Gasteiger partial charge in [0.15, 0.2) is 0 Å². The Morgan fingerprint density at radius 1 is 0.860 bits per heavy atom. The van der Waals surface area contributed by atoms with E-state index in [2.05, 4.69) is 88.0 Å². The normalized spacial score (nSPS) is 13.7. The van der Waals surface area contributed by atoms with Crippen molar-refractivity contribution in [3.63, 3.8) is 0 Å². The maximum atomic E-state index is 12.3. The molecule has 1 amide bonds. The molecule has 2 heterocycles. The molecule has 0 aliphatic carbocycles. The molecular weight excluding hydrogens is 552 g/mol. The van der Waals surface area contributed by atoms with Crippen LogP contribution in [0, 0.1) is 0 Å². The van der Waals surface area contributed by atoms with Crippen LogP contribution in [-0.4, -0.2) is 60.1 Å². The Labute approximate surface area is 260 Å². The molecule has 0 saturated carbocycles. The molecule has 1 aliphatic heterocycles. The van der Waals surface area contributed by atoms with Gasteiger partial charge < -0.3 is 19.9 Å². The van der Waals surface area contributed by atoms with Gasteiger partial charge in [-0.15, -0.1) is 11.8 Å². The predicted octanol–water partition coefficient (Wildman–Crippen LogP) is 8.72. The number of benzene rings is 3. The number of pyridine rings is 1. The predicted molar refractivity (Wildman–Crippen MR) is 181 cm³/mol. The van der Waals surface area contributed by atoms with Crippen LogP contribution in [0.2, 0.25) is 0 Å². The molecule has 5 rings (SSSR count). The highest BCUT2D eigenvalue weighted by Gasteiger charge is 2.25. The van der Waals surface area contributed by atoms with E-state index in [1.54, 1.807) is 4.90 Å². The van der Waals surface area contributed by atoms with Crippen LogP contribution in [0.15, 0.2) is 90.0 Å². The Hall–Kier alpha value is -3.71. The van der Waals surface area contributed by atoms with E-state index in [0.29, 0.717) is 13.1 Å². The van der Waals surface area contributed by atoms with E-state index >= 15 is 0 Å². The number of nitrogens with one attached hydrogen (secondary N) is 1. The summed E-state index contributed by atoms with van der Waals surface area (Å²) >= 11 is 1.94. The van der Waals surface area contributed by atoms with E-state index in [-0.39, 0.29) is 6.09 Å². The molecule has 0 radical (unpaired) electrons. The van der Waals surface area contributed by atoms with Crippen molar-refractivity contribution in [1.29, 1.82) is 0 Å². The minimum Gasteiger partial charge on any atom is -0.444 e. The number of ether oxygens (including phenoxy) is 1. The summed E-state index contributed by atoms with van der Waals surface area (Å²) in [6, 6.07) is 27.9. The Balaban J connectivity index is 0.970. The zero-order valence-electron chi connectivity index (χ0n) is 25.7. The molecule has 1 fully saturated rings. The van der Waals surface area contributed by atoms with Gasteiger partial charge in [0.25, 0.3) is 0 Å². The minimum absolute atomic E-state index is 0.217. The quantitative estimate of drug-likeness (QED) is 0.138. The summed E-state index contributed by atoms with van der Waals surface area (Å²) in [5.74, 6) is 1.13. The molecule has 7 heteroatoms. The Morgan fingerprint density at radius 3 is 2.35 bits per heavy atom. The summed E-state index contributed by atoms with van der Waals surface area (Å²) in [5.41, 5.74) is 5.40. The molecule has 1 aromatic heterocycles. The average molecular weight is 597 g/mol. The fraction of sp³-hybridized carbons (Fsp3) is 0.389. The van der Waals surface area contributed by atoms with Crippen molar-refractivity contribution in [3.05, 3.63) is 85.1 Å². The zero-order chi connectivity index (χ0) is 30.1. The SMILES string of the molecule is CC(C)(C)OC(=O)N1CCN(c2ccc(NCCCCCCSc3ccnc4cc(-c5ccccc5)ccc34)cc2)CC1. The second-order valence-corrected chi connectivity index (χ2v) is 13.2. The van der Waals surface area contributed by atoms with Crippen molar-refractivity contribution in [2.75, 3.05) is 48.7 Å². The van der Waals surface area contributed by atoms with Gasteiger partial charge in [-0.2, -0.15) is 0 Å². The van der Waals surface area contributed by atoms with Crippen molar-refractivity contribution >= 4 is 40.1 Å². The largest absolute Gasteiger partial charge is 0.444 e. The van der Waals surface area contributed by atoms with Gasteiger partial charge in [-0.1, -0.05) is 55.3 Å². The maximum Gasteiger partial charge on any atom is 0.410 e. The standard InChI is InChI=1S/C36H44N4O2S/c1-36(2,3)42-35(41)40-24-22-39(23-25-40)31-16-14-30(15-17-31)37-20-9-4-5-10-26-43-34-19-21-38-33-27-29(13-18-32(33)34)28-11-7-6-8-12-28/h6-8,11-19,21,27,37H,4-5,9-10,20,22-26H2,1-3H3. The van der Waals surface area contributed by atoms with Crippen LogP contribution < -0.4 is 10.2 Å². The number of anilines is 2. The summed E-state index contributed by atoms with van der Waals surface area (Å²) in [7, 11) is 0. The topological polar surface area (TPSA) is 57.7 Å². The third-order valence-electron chi connectivity index (χ3n) is 7.63. The minimum atomic E-state index is -0.457. The third kappa shape index (κ3) is 8.90. The number of thioether (sulfide) groups is 1. The number of unbranched alkanes of at least 4 members (excludes halogenated alkanes) is 3. The average Bonchev–Trinajstić information content (AvgIpc) is 3.02. The molecule has 1 N–H and O–H groups in total. The van der Waals surface area contributed by atoms with Gasteiger partial charge in [0.05, 0.1) is 5.52 Å². The molecule has 0 atom stereocenters. The van der Waals surface area contributed by atoms with Gasteiger partial charge in [0, 0.05) is 60.6 Å². The van der Waals surface area contributed by atoms with Gasteiger partial charge in [0.1, 0.15) is 5.60 Å². The second kappa shape index (κ2) is 14.6. The van der Waals surface area contributed by atoms with Crippen molar-refractivity contribution < 1.29 is 9.53 Å². The lowest BCUT2D eigenvalue weighted by molar-refractivity contribution is 0.0240. The molecule has 1 saturated heterocycles. The first-order valence-electron chi connectivity index (χ1n) is 15.5. The fourth-order valence-corrected chi connectivity index (χ4v) is 6.37. The Bertz CT molecular complexity index is 1460. The van der Waals surface area contributed by atoms with E-state index in [0.717, 1.165) is 36.6 Å². The van der Waals surface area contributed by atoms with Gasteiger partial charge in [-0.3, -0.25) is 4.98 Å². The lowest BCUT2D eigenvalue weighted by Gasteiger charge is -2.36. The zero-order valence-corrected chi connectivity index (χ0v) is 26.5. The molecule has 0 bridgehead atoms. The summed E-state index contributed by atoms with van der Waals surface area (Å²) in [6.45, 7) is 9.70. The number of carbonyl (C=O) groups excluding carboxylic acids is 1. The van der Waals surface area contributed by atoms with Crippen molar-refractivity contribution in [2.45, 2.75) is 57.0 Å². The lowest BCUT2D eigenvalue weighted by Crippen LogP contribution is -2.50. The molecule has 4 aromatic rings. The number of rotatable bonds is 11. The van der Waals surface area contributed by atoms with Crippen LogP contribution in [0.25, 0.3) is 22.0 Å². The van der Waals surface area contributed by atoms with Crippen LogP contribution in [-0.2, 0) is 4.74 Å². The second-order valence-electron chi connectivity index (χ2n) is 12.1. The Morgan fingerprint density at radius 2 is 1.60 bits per heavy atom. The molecule has 226 valence electrons. The van der Waals surface area contributed by atoms with Crippen molar-refractivity contribution in [3.8, 4) is 11.1 Å². The first-order chi connectivity index (χ1) is 20.9. The summed E-state index contributed by atoms with van der Waals surface area (Å²) in [5, 5.41) is 4.81. The smallest absolute Gasteiger partial charge is 0.410 e. The number of fused-ring (bicyclic) bond motifs is 1. The number of piperazine rings is 1. The van der Waals surface area contributed by atoms with Crippen LogP contribution in [0.4, 0.5) is 16.2 Å². The maximum absolute atomic E-state index is 12.3. The van der Waals surface area contributed by atoms with Crippen LogP contribution in [0.3, 0.4) is 0 Å². The van der Waals surface area contributed by atoms with Crippen molar-refractivity contribution in [1.82, 2.24) is 9.88 Å².